The molecule has 0 radical (unpaired) electrons. The van der Waals surface area contributed by atoms with Crippen LogP contribution in [0, 0.1) is 11.7 Å². The van der Waals surface area contributed by atoms with Crippen LogP contribution in [0.25, 0.3) is 0 Å². The molecule has 1 saturated heterocycles. The fourth-order valence-electron chi connectivity index (χ4n) is 3.51. The summed E-state index contributed by atoms with van der Waals surface area (Å²) in [4.78, 5) is 14.0. The van der Waals surface area contributed by atoms with Gasteiger partial charge in [-0.25, -0.2) is 4.39 Å². The summed E-state index contributed by atoms with van der Waals surface area (Å²) in [6.45, 7) is 4.89. The highest BCUT2D eigenvalue weighted by molar-refractivity contribution is 5.79. The van der Waals surface area contributed by atoms with Gasteiger partial charge in [-0.15, -0.1) is 0 Å². The minimum atomic E-state index is -0.193. The van der Waals surface area contributed by atoms with Crippen LogP contribution >= 0.6 is 0 Å². The van der Waals surface area contributed by atoms with Crippen molar-refractivity contribution in [2.75, 3.05) is 13.1 Å². The molecule has 2 N–H and O–H groups in total. The number of halogens is 1. The van der Waals surface area contributed by atoms with Crippen molar-refractivity contribution in [1.29, 1.82) is 0 Å². The van der Waals surface area contributed by atoms with Crippen LogP contribution in [0.1, 0.15) is 36.9 Å². The highest BCUT2D eigenvalue weighted by Crippen LogP contribution is 2.15. The Morgan fingerprint density at radius 1 is 1.12 bits per heavy atom. The number of quaternary nitrogens is 1. The van der Waals surface area contributed by atoms with E-state index in [1.54, 1.807) is 0 Å². The molecule has 2 aromatic carbocycles. The summed E-state index contributed by atoms with van der Waals surface area (Å²) in [5.74, 6) is 0.0713. The minimum Gasteiger partial charge on any atom is -0.349 e. The van der Waals surface area contributed by atoms with Crippen LogP contribution in [0.15, 0.2) is 54.6 Å². The molecule has 25 heavy (non-hydrogen) atoms. The van der Waals surface area contributed by atoms with Gasteiger partial charge in [-0.3, -0.25) is 4.79 Å². The zero-order valence-electron chi connectivity index (χ0n) is 14.7. The van der Waals surface area contributed by atoms with Gasteiger partial charge in [0.2, 0.25) is 5.91 Å². The first-order valence-electron chi connectivity index (χ1n) is 9.05. The quantitative estimate of drug-likeness (QED) is 0.861. The predicted molar refractivity (Wildman–Crippen MR) is 96.5 cm³/mol. The first-order valence-corrected chi connectivity index (χ1v) is 9.05. The van der Waals surface area contributed by atoms with Crippen LogP contribution in [-0.2, 0) is 11.3 Å². The van der Waals surface area contributed by atoms with Crippen LogP contribution < -0.4 is 10.2 Å². The Bertz CT molecular complexity index is 679. The third-order valence-corrected chi connectivity index (χ3v) is 5.09. The van der Waals surface area contributed by atoms with Crippen molar-refractivity contribution in [2.45, 2.75) is 32.4 Å². The van der Waals surface area contributed by atoms with E-state index in [2.05, 4.69) is 5.32 Å². The Kier molecular flexibility index (Phi) is 5.82. The maximum atomic E-state index is 13.0. The Hall–Kier alpha value is -2.20. The molecule has 2 aromatic rings. The molecular weight excluding hydrogens is 315 g/mol. The normalized spacial score (nSPS) is 21.5. The van der Waals surface area contributed by atoms with Crippen LogP contribution in [0.2, 0.25) is 0 Å². The molecule has 0 unspecified atom stereocenters. The average Bonchev–Trinajstić information content (AvgIpc) is 2.65. The van der Waals surface area contributed by atoms with Crippen molar-refractivity contribution < 1.29 is 14.1 Å². The lowest BCUT2D eigenvalue weighted by Crippen LogP contribution is -3.11. The van der Waals surface area contributed by atoms with Crippen LogP contribution in [0.4, 0.5) is 4.39 Å². The zero-order valence-corrected chi connectivity index (χ0v) is 14.7. The second kappa shape index (κ2) is 8.26. The number of carbonyl (C=O) groups is 1. The Labute approximate surface area is 148 Å². The van der Waals surface area contributed by atoms with Crippen molar-refractivity contribution in [3.63, 3.8) is 0 Å². The van der Waals surface area contributed by atoms with Crippen molar-refractivity contribution in [3.8, 4) is 0 Å². The van der Waals surface area contributed by atoms with Crippen molar-refractivity contribution in [2.24, 2.45) is 5.92 Å². The third kappa shape index (κ3) is 4.89. The summed E-state index contributed by atoms with van der Waals surface area (Å²) in [6, 6.07) is 16.8. The van der Waals surface area contributed by atoms with Gasteiger partial charge in [0.05, 0.1) is 19.1 Å². The molecule has 4 heteroatoms. The largest absolute Gasteiger partial charge is 0.349 e. The van der Waals surface area contributed by atoms with E-state index in [4.69, 9.17) is 0 Å². The first-order chi connectivity index (χ1) is 12.1. The molecule has 0 saturated carbocycles. The molecule has 0 bridgehead atoms. The van der Waals surface area contributed by atoms with Gasteiger partial charge in [0.1, 0.15) is 12.4 Å². The van der Waals surface area contributed by atoms with Gasteiger partial charge in [-0.2, -0.15) is 0 Å². The van der Waals surface area contributed by atoms with Gasteiger partial charge >= 0.3 is 0 Å². The number of nitrogens with one attached hydrogen (secondary N) is 2. The topological polar surface area (TPSA) is 33.5 Å². The first kappa shape index (κ1) is 17.6. The molecule has 1 aliphatic rings. The molecule has 0 aromatic heterocycles. The summed E-state index contributed by atoms with van der Waals surface area (Å²) < 4.78 is 13.0. The maximum Gasteiger partial charge on any atom is 0.224 e. The Balaban J connectivity index is 1.46. The third-order valence-electron chi connectivity index (χ3n) is 5.09. The molecule has 3 nitrogen and oxygen atoms in total. The molecule has 1 amide bonds. The van der Waals surface area contributed by atoms with Crippen molar-refractivity contribution >= 4 is 5.91 Å². The van der Waals surface area contributed by atoms with Gasteiger partial charge in [-0.1, -0.05) is 42.5 Å². The van der Waals surface area contributed by atoms with E-state index in [1.165, 1.54) is 17.0 Å². The molecule has 1 fully saturated rings. The van der Waals surface area contributed by atoms with Gasteiger partial charge in [-0.05, 0) is 24.6 Å². The monoisotopic (exact) mass is 341 g/mol. The number of likely N-dealkylation sites (tertiary alicyclic amines) is 1. The second-order valence-electron chi connectivity index (χ2n) is 6.97. The number of hydrogen-bond acceptors (Lipinski definition) is 1. The van der Waals surface area contributed by atoms with Crippen LogP contribution in [0.3, 0.4) is 0 Å². The predicted octanol–water partition coefficient (Wildman–Crippen LogP) is 2.50. The number of amides is 1. The van der Waals surface area contributed by atoms with Crippen LogP contribution in [0.5, 0.6) is 0 Å². The van der Waals surface area contributed by atoms with E-state index in [0.717, 1.165) is 43.6 Å². The zero-order chi connectivity index (χ0) is 17.6. The second-order valence-corrected chi connectivity index (χ2v) is 6.97. The molecule has 0 spiro atoms. The molecule has 132 valence electrons. The lowest BCUT2D eigenvalue weighted by molar-refractivity contribution is -0.919. The molecule has 1 atom stereocenters. The lowest BCUT2D eigenvalue weighted by atomic mass is 9.95. The number of hydrogen-bond donors (Lipinski definition) is 2. The molecular formula is C21H26FN2O+. The van der Waals surface area contributed by atoms with Crippen molar-refractivity contribution in [3.05, 3.63) is 71.5 Å². The average molecular weight is 341 g/mol. The van der Waals surface area contributed by atoms with E-state index >= 15 is 0 Å². The van der Waals surface area contributed by atoms with Gasteiger partial charge in [0.15, 0.2) is 0 Å². The molecule has 3 rings (SSSR count). The van der Waals surface area contributed by atoms with E-state index in [0.29, 0.717) is 0 Å². The highest BCUT2D eigenvalue weighted by atomic mass is 19.1. The van der Waals surface area contributed by atoms with E-state index in [-0.39, 0.29) is 23.7 Å². The summed E-state index contributed by atoms with van der Waals surface area (Å²) in [5, 5.41) is 3.15. The smallest absolute Gasteiger partial charge is 0.224 e. The Morgan fingerprint density at radius 2 is 1.76 bits per heavy atom. The van der Waals surface area contributed by atoms with E-state index in [9.17, 15) is 9.18 Å². The molecule has 1 aliphatic heterocycles. The van der Waals surface area contributed by atoms with Crippen LogP contribution in [-0.4, -0.2) is 19.0 Å². The SMILES string of the molecule is C[C@@H](NC(=O)C1CC[NH+](Cc2ccc(F)cc2)CC1)c1ccccc1. The van der Waals surface area contributed by atoms with E-state index in [1.807, 2.05) is 49.4 Å². The van der Waals surface area contributed by atoms with Gasteiger partial charge in [0.25, 0.3) is 0 Å². The summed E-state index contributed by atoms with van der Waals surface area (Å²) in [5.41, 5.74) is 2.28. The van der Waals surface area contributed by atoms with Gasteiger partial charge in [0, 0.05) is 24.3 Å². The Morgan fingerprint density at radius 3 is 2.40 bits per heavy atom. The summed E-state index contributed by atoms with van der Waals surface area (Å²) in [6.07, 6.45) is 1.81. The van der Waals surface area contributed by atoms with E-state index < -0.39 is 0 Å². The number of carbonyl (C=O) groups excluding carboxylic acids is 1. The summed E-state index contributed by atoms with van der Waals surface area (Å²) in [7, 11) is 0. The minimum absolute atomic E-state index is 0.0401. The number of rotatable bonds is 5. The highest BCUT2D eigenvalue weighted by Gasteiger charge is 2.28. The number of benzene rings is 2. The van der Waals surface area contributed by atoms with Crippen molar-refractivity contribution in [1.82, 2.24) is 5.32 Å². The molecule has 1 heterocycles. The fraction of sp³-hybridized carbons (Fsp3) is 0.381. The standard InChI is InChI=1S/C21H25FN2O/c1-16(18-5-3-2-4-6-18)23-21(25)19-11-13-24(14-12-19)15-17-7-9-20(22)10-8-17/h2-10,16,19H,11-15H2,1H3,(H,23,25)/p+1/t16-/m1/s1. The molecule has 0 aliphatic carbocycles. The maximum absolute atomic E-state index is 13.0. The number of piperidine rings is 1. The van der Waals surface area contributed by atoms with Gasteiger partial charge < -0.3 is 10.2 Å². The summed E-state index contributed by atoms with van der Waals surface area (Å²) >= 11 is 0. The lowest BCUT2D eigenvalue weighted by Gasteiger charge is -2.29. The fourth-order valence-corrected chi connectivity index (χ4v) is 3.51.